The van der Waals surface area contributed by atoms with Crippen molar-refractivity contribution in [3.63, 3.8) is 0 Å². The minimum absolute atomic E-state index is 0.0375. The highest BCUT2D eigenvalue weighted by atomic mass is 16.5. The molecule has 5 aliphatic rings. The van der Waals surface area contributed by atoms with Gasteiger partial charge in [0.05, 0.1) is 18.2 Å². The van der Waals surface area contributed by atoms with Crippen LogP contribution in [0.15, 0.2) is 47.5 Å². The molecule has 0 amide bonds. The highest BCUT2D eigenvalue weighted by molar-refractivity contribution is 5.89. The number of fused-ring (bicyclic) bond motifs is 7. The zero-order chi connectivity index (χ0) is 30.3. The lowest BCUT2D eigenvalue weighted by Gasteiger charge is -2.72. The van der Waals surface area contributed by atoms with E-state index in [9.17, 15) is 9.59 Å². The van der Waals surface area contributed by atoms with Crippen LogP contribution in [0.5, 0.6) is 0 Å². The molecule has 4 heteroatoms. The summed E-state index contributed by atoms with van der Waals surface area (Å²) in [6.07, 6.45) is 15.0. The summed E-state index contributed by atoms with van der Waals surface area (Å²) in [6.45, 7) is 19.5. The fourth-order valence-electron chi connectivity index (χ4n) is 12.4. The van der Waals surface area contributed by atoms with Crippen molar-refractivity contribution in [3.8, 4) is 0 Å². The van der Waals surface area contributed by atoms with Gasteiger partial charge >= 0.3 is 5.97 Å². The highest BCUT2D eigenvalue weighted by Crippen LogP contribution is 2.77. The van der Waals surface area contributed by atoms with E-state index < -0.39 is 0 Å². The van der Waals surface area contributed by atoms with E-state index in [0.29, 0.717) is 35.2 Å². The van der Waals surface area contributed by atoms with E-state index in [1.54, 1.807) is 0 Å². The van der Waals surface area contributed by atoms with Gasteiger partial charge in [-0.05, 0) is 139 Å². The summed E-state index contributed by atoms with van der Waals surface area (Å²) in [7, 11) is 1.43. The van der Waals surface area contributed by atoms with Crippen molar-refractivity contribution in [3.05, 3.63) is 53.6 Å². The standard InChI is InChI=1S/C38H51NO3/c1-24(2)27-15-20-38(39-23-40)22-21-36(6)29(32(27)38)13-14-31-35(5)18-16-28(25-9-11-26(12-10-25)33(41)42-8)34(3,4)30(35)17-19-37(31,36)7/h9-12,16,27,29-32H,1,13-15,17-22H2,2-8H3. The van der Waals surface area contributed by atoms with E-state index in [4.69, 9.17) is 4.74 Å². The first-order chi connectivity index (χ1) is 19.8. The average molecular weight is 570 g/mol. The van der Waals surface area contributed by atoms with E-state index in [-0.39, 0.29) is 33.2 Å². The van der Waals surface area contributed by atoms with Crippen LogP contribution in [0.1, 0.15) is 115 Å². The maximum Gasteiger partial charge on any atom is 0.337 e. The predicted molar refractivity (Wildman–Crippen MR) is 169 cm³/mol. The first kappa shape index (κ1) is 29.6. The van der Waals surface area contributed by atoms with Crippen LogP contribution >= 0.6 is 0 Å². The smallest absolute Gasteiger partial charge is 0.337 e. The van der Waals surface area contributed by atoms with Gasteiger partial charge in [-0.25, -0.2) is 9.59 Å². The number of methoxy groups -OCH3 is 1. The number of hydrogen-bond donors (Lipinski definition) is 0. The summed E-state index contributed by atoms with van der Waals surface area (Å²) in [5.74, 6) is 2.43. The molecule has 4 nitrogen and oxygen atoms in total. The van der Waals surface area contributed by atoms with Crippen LogP contribution in [-0.4, -0.2) is 24.7 Å². The Morgan fingerprint density at radius 3 is 2.29 bits per heavy atom. The number of allylic oxidation sites excluding steroid dienone is 3. The Hall–Kier alpha value is -2.45. The third-order valence-corrected chi connectivity index (χ3v) is 14.5. The first-order valence-electron chi connectivity index (χ1n) is 16.4. The molecule has 4 saturated carbocycles. The van der Waals surface area contributed by atoms with E-state index in [1.807, 2.05) is 18.2 Å². The van der Waals surface area contributed by atoms with Gasteiger partial charge in [0.2, 0.25) is 6.08 Å². The molecule has 0 aliphatic heterocycles. The quantitative estimate of drug-likeness (QED) is 0.157. The van der Waals surface area contributed by atoms with Gasteiger partial charge in [0.25, 0.3) is 0 Å². The van der Waals surface area contributed by atoms with Crippen LogP contribution in [0.25, 0.3) is 5.57 Å². The molecule has 0 spiro atoms. The zero-order valence-corrected chi connectivity index (χ0v) is 27.0. The number of aliphatic imine (C=N–C) groups is 1. The molecule has 5 aliphatic carbocycles. The number of esters is 1. The number of ether oxygens (including phenoxy) is 1. The van der Waals surface area contributed by atoms with Crippen molar-refractivity contribution in [2.75, 3.05) is 7.11 Å². The normalized spacial score (nSPS) is 43.4. The molecular formula is C38H51NO3. The molecule has 0 aromatic heterocycles. The third kappa shape index (κ3) is 3.82. The van der Waals surface area contributed by atoms with Gasteiger partial charge in [-0.15, -0.1) is 0 Å². The SMILES string of the molecule is C=C(C)C1CCC2(N=C=O)CCC3(C)C(CCC4C5(C)CC=C(c6ccc(C(=O)OC)cc6)C(C)(C)C5CCC43C)C12. The molecule has 9 unspecified atom stereocenters. The lowest BCUT2D eigenvalue weighted by atomic mass is 9.33. The van der Waals surface area contributed by atoms with Crippen molar-refractivity contribution in [2.45, 2.75) is 105 Å². The summed E-state index contributed by atoms with van der Waals surface area (Å²) in [5, 5.41) is 0. The van der Waals surface area contributed by atoms with Gasteiger partial charge in [0.15, 0.2) is 0 Å². The van der Waals surface area contributed by atoms with E-state index in [1.165, 1.54) is 49.5 Å². The molecule has 1 aromatic rings. The molecule has 0 bridgehead atoms. The number of hydrogen-bond acceptors (Lipinski definition) is 4. The number of isocyanates is 1. The lowest BCUT2D eigenvalue weighted by molar-refractivity contribution is -0.217. The summed E-state index contributed by atoms with van der Waals surface area (Å²) in [4.78, 5) is 28.4. The Balaban J connectivity index is 1.36. The van der Waals surface area contributed by atoms with Crippen LogP contribution in [0.2, 0.25) is 0 Å². The van der Waals surface area contributed by atoms with Gasteiger partial charge in [-0.1, -0.05) is 65.0 Å². The number of carbonyl (C=O) groups is 1. The highest BCUT2D eigenvalue weighted by Gasteiger charge is 2.70. The van der Waals surface area contributed by atoms with Crippen LogP contribution in [0.4, 0.5) is 0 Å². The Morgan fingerprint density at radius 2 is 1.64 bits per heavy atom. The van der Waals surface area contributed by atoms with Crippen LogP contribution in [0.3, 0.4) is 0 Å². The van der Waals surface area contributed by atoms with Crippen molar-refractivity contribution < 1.29 is 14.3 Å². The van der Waals surface area contributed by atoms with Crippen LogP contribution in [-0.2, 0) is 9.53 Å². The molecule has 0 saturated heterocycles. The number of rotatable bonds is 4. The average Bonchev–Trinajstić information content (AvgIpc) is 3.33. The second-order valence-corrected chi connectivity index (χ2v) is 16.1. The van der Waals surface area contributed by atoms with Gasteiger partial charge in [0, 0.05) is 0 Å². The first-order valence-corrected chi connectivity index (χ1v) is 16.4. The molecule has 1 aromatic carbocycles. The fourth-order valence-corrected chi connectivity index (χ4v) is 12.4. The molecular weight excluding hydrogens is 518 g/mol. The zero-order valence-electron chi connectivity index (χ0n) is 27.0. The molecule has 0 N–H and O–H groups in total. The minimum atomic E-state index is -0.285. The topological polar surface area (TPSA) is 55.7 Å². The molecule has 6 rings (SSSR count). The fraction of sp³-hybridized carbons (Fsp3) is 0.684. The largest absolute Gasteiger partial charge is 0.465 e. The predicted octanol–water partition coefficient (Wildman–Crippen LogP) is 9.21. The van der Waals surface area contributed by atoms with Crippen molar-refractivity contribution in [2.24, 2.45) is 56.2 Å². The summed E-state index contributed by atoms with van der Waals surface area (Å²) in [5.41, 5.74) is 5.06. The van der Waals surface area contributed by atoms with Gasteiger partial charge in [-0.2, -0.15) is 4.99 Å². The van der Waals surface area contributed by atoms with Gasteiger partial charge in [-0.3, -0.25) is 0 Å². The van der Waals surface area contributed by atoms with Crippen molar-refractivity contribution in [1.82, 2.24) is 0 Å². The van der Waals surface area contributed by atoms with E-state index in [2.05, 4.69) is 71.3 Å². The van der Waals surface area contributed by atoms with E-state index in [0.717, 1.165) is 32.1 Å². The maximum atomic E-state index is 12.0. The lowest BCUT2D eigenvalue weighted by Crippen LogP contribution is -2.66. The molecule has 4 fully saturated rings. The molecule has 0 heterocycles. The Morgan fingerprint density at radius 1 is 0.929 bits per heavy atom. The molecule has 42 heavy (non-hydrogen) atoms. The minimum Gasteiger partial charge on any atom is -0.465 e. The third-order valence-electron chi connectivity index (χ3n) is 14.5. The van der Waals surface area contributed by atoms with Gasteiger partial charge in [0.1, 0.15) is 0 Å². The monoisotopic (exact) mass is 569 g/mol. The van der Waals surface area contributed by atoms with Crippen molar-refractivity contribution >= 4 is 17.6 Å². The summed E-state index contributed by atoms with van der Waals surface area (Å²) >= 11 is 0. The molecule has 0 radical (unpaired) electrons. The second-order valence-electron chi connectivity index (χ2n) is 16.1. The van der Waals surface area contributed by atoms with E-state index >= 15 is 0 Å². The number of benzene rings is 1. The number of nitrogens with zero attached hydrogens (tertiary/aromatic N) is 1. The Labute approximate surface area is 253 Å². The Bertz CT molecular complexity index is 1370. The summed E-state index contributed by atoms with van der Waals surface area (Å²) < 4.78 is 4.93. The molecule has 226 valence electrons. The molecule has 9 atom stereocenters. The maximum absolute atomic E-state index is 12.0. The van der Waals surface area contributed by atoms with Crippen LogP contribution < -0.4 is 0 Å². The Kier molecular flexibility index (Phi) is 6.90. The second kappa shape index (κ2) is 9.78. The van der Waals surface area contributed by atoms with Crippen LogP contribution in [0, 0.1) is 51.2 Å². The van der Waals surface area contributed by atoms with Crippen molar-refractivity contribution in [1.29, 1.82) is 0 Å². The summed E-state index contributed by atoms with van der Waals surface area (Å²) in [6, 6.07) is 8.03. The van der Waals surface area contributed by atoms with Gasteiger partial charge < -0.3 is 4.74 Å². The number of carbonyl (C=O) groups excluding carboxylic acids is 2.